The van der Waals surface area contributed by atoms with Gasteiger partial charge in [-0.25, -0.2) is 4.39 Å². The predicted molar refractivity (Wildman–Crippen MR) is 89.0 cm³/mol. The first-order chi connectivity index (χ1) is 10.9. The zero-order valence-corrected chi connectivity index (χ0v) is 13.0. The van der Waals surface area contributed by atoms with E-state index in [2.05, 4.69) is 10.6 Å². The van der Waals surface area contributed by atoms with Gasteiger partial charge < -0.3 is 15.5 Å². The minimum absolute atomic E-state index is 0.121. The molecule has 0 spiro atoms. The third kappa shape index (κ3) is 5.10. The second kappa shape index (κ2) is 7.40. The van der Waals surface area contributed by atoms with Crippen molar-refractivity contribution in [1.29, 1.82) is 0 Å². The fourth-order valence-electron chi connectivity index (χ4n) is 2.08. The summed E-state index contributed by atoms with van der Waals surface area (Å²) in [7, 11) is 1.75. The van der Waals surface area contributed by atoms with Crippen LogP contribution in [0.15, 0.2) is 48.5 Å². The molecule has 2 rings (SSSR count). The highest BCUT2D eigenvalue weighted by atomic mass is 19.1. The van der Waals surface area contributed by atoms with Crippen molar-refractivity contribution >= 4 is 28.9 Å². The number of nitrogens with one attached hydrogen (secondary N) is 2. The lowest BCUT2D eigenvalue weighted by molar-refractivity contribution is -0.115. The molecule has 0 bridgehead atoms. The number of amides is 2. The van der Waals surface area contributed by atoms with Crippen molar-refractivity contribution in [2.75, 3.05) is 29.1 Å². The van der Waals surface area contributed by atoms with Gasteiger partial charge in [0.15, 0.2) is 0 Å². The Morgan fingerprint density at radius 3 is 2.26 bits per heavy atom. The Bertz CT molecular complexity index is 701. The van der Waals surface area contributed by atoms with E-state index in [0.29, 0.717) is 11.4 Å². The first-order valence-corrected chi connectivity index (χ1v) is 7.08. The molecule has 0 saturated heterocycles. The lowest BCUT2D eigenvalue weighted by Gasteiger charge is -2.18. The summed E-state index contributed by atoms with van der Waals surface area (Å²) in [5.41, 5.74) is 1.95. The average molecular weight is 315 g/mol. The van der Waals surface area contributed by atoms with E-state index in [-0.39, 0.29) is 24.2 Å². The summed E-state index contributed by atoms with van der Waals surface area (Å²) in [5, 5.41) is 5.42. The maximum absolute atomic E-state index is 12.9. The molecule has 6 heteroatoms. The Balaban J connectivity index is 1.96. The van der Waals surface area contributed by atoms with Crippen molar-refractivity contribution < 1.29 is 14.0 Å². The van der Waals surface area contributed by atoms with Crippen LogP contribution in [0.2, 0.25) is 0 Å². The lowest BCUT2D eigenvalue weighted by Crippen LogP contribution is -2.30. The van der Waals surface area contributed by atoms with Crippen LogP contribution in [0.4, 0.5) is 21.5 Å². The van der Waals surface area contributed by atoms with Gasteiger partial charge in [-0.05, 0) is 42.5 Å². The van der Waals surface area contributed by atoms with Crippen LogP contribution < -0.4 is 15.5 Å². The van der Waals surface area contributed by atoms with Gasteiger partial charge in [-0.2, -0.15) is 0 Å². The fourth-order valence-corrected chi connectivity index (χ4v) is 2.08. The Morgan fingerprint density at radius 2 is 1.65 bits per heavy atom. The average Bonchev–Trinajstić information content (AvgIpc) is 2.47. The predicted octanol–water partition coefficient (Wildman–Crippen LogP) is 2.86. The molecule has 23 heavy (non-hydrogen) atoms. The number of carbonyl (C=O) groups is 2. The number of halogens is 1. The number of likely N-dealkylation sites (N-methyl/N-ethyl adjacent to an activating group) is 1. The van der Waals surface area contributed by atoms with Gasteiger partial charge in [-0.3, -0.25) is 9.59 Å². The molecule has 0 fully saturated rings. The summed E-state index contributed by atoms with van der Waals surface area (Å²) in [6, 6.07) is 12.8. The molecule has 0 aliphatic rings. The van der Waals surface area contributed by atoms with Crippen LogP contribution in [0, 0.1) is 5.82 Å². The summed E-state index contributed by atoms with van der Waals surface area (Å²) in [6.45, 7) is 1.54. The highest BCUT2D eigenvalue weighted by molar-refractivity contribution is 5.95. The SMILES string of the molecule is CC(=O)Nc1cccc(NC(=O)CN(C)c2ccc(F)cc2)c1. The second-order valence-corrected chi connectivity index (χ2v) is 5.14. The Hall–Kier alpha value is -2.89. The van der Waals surface area contributed by atoms with Gasteiger partial charge in [0.05, 0.1) is 6.54 Å². The van der Waals surface area contributed by atoms with Crippen molar-refractivity contribution in [2.24, 2.45) is 0 Å². The van der Waals surface area contributed by atoms with E-state index in [4.69, 9.17) is 0 Å². The fraction of sp³-hybridized carbons (Fsp3) is 0.176. The normalized spacial score (nSPS) is 10.0. The van der Waals surface area contributed by atoms with Crippen molar-refractivity contribution in [3.05, 3.63) is 54.3 Å². The molecule has 0 aliphatic carbocycles. The summed E-state index contributed by atoms with van der Waals surface area (Å²) >= 11 is 0. The smallest absolute Gasteiger partial charge is 0.243 e. The third-order valence-corrected chi connectivity index (χ3v) is 3.11. The van der Waals surface area contributed by atoms with Crippen LogP contribution in [0.5, 0.6) is 0 Å². The number of carbonyl (C=O) groups excluding carboxylic acids is 2. The standard InChI is InChI=1S/C17H18FN3O2/c1-12(22)19-14-4-3-5-15(10-14)20-17(23)11-21(2)16-8-6-13(18)7-9-16/h3-10H,11H2,1-2H3,(H,19,22)(H,20,23). The van der Waals surface area contributed by atoms with Crippen LogP contribution in [0.25, 0.3) is 0 Å². The van der Waals surface area contributed by atoms with E-state index in [9.17, 15) is 14.0 Å². The number of hydrogen-bond donors (Lipinski definition) is 2. The first-order valence-electron chi connectivity index (χ1n) is 7.08. The molecule has 0 aromatic heterocycles. The highest BCUT2D eigenvalue weighted by Crippen LogP contribution is 2.16. The quantitative estimate of drug-likeness (QED) is 0.892. The monoisotopic (exact) mass is 315 g/mol. The molecule has 0 aliphatic heterocycles. The van der Waals surface area contributed by atoms with Gasteiger partial charge in [-0.15, -0.1) is 0 Å². The molecule has 0 atom stereocenters. The Morgan fingerprint density at radius 1 is 1.04 bits per heavy atom. The molecular weight excluding hydrogens is 297 g/mol. The van der Waals surface area contributed by atoms with E-state index >= 15 is 0 Å². The Kier molecular flexibility index (Phi) is 5.30. The topological polar surface area (TPSA) is 61.4 Å². The first kappa shape index (κ1) is 16.5. The van der Waals surface area contributed by atoms with Gasteiger partial charge in [0.1, 0.15) is 5.82 Å². The zero-order chi connectivity index (χ0) is 16.8. The van der Waals surface area contributed by atoms with E-state index in [0.717, 1.165) is 5.69 Å². The molecule has 120 valence electrons. The third-order valence-electron chi connectivity index (χ3n) is 3.11. The van der Waals surface area contributed by atoms with Crippen LogP contribution in [-0.4, -0.2) is 25.4 Å². The Labute approximate surface area is 134 Å². The van der Waals surface area contributed by atoms with Gasteiger partial charge in [-0.1, -0.05) is 6.07 Å². The lowest BCUT2D eigenvalue weighted by atomic mass is 10.2. The minimum Gasteiger partial charge on any atom is -0.365 e. The van der Waals surface area contributed by atoms with E-state index in [1.165, 1.54) is 19.1 Å². The van der Waals surface area contributed by atoms with Gasteiger partial charge in [0.25, 0.3) is 0 Å². The molecule has 2 N–H and O–H groups in total. The summed E-state index contributed by atoms with van der Waals surface area (Å²) in [5.74, 6) is -0.706. The maximum atomic E-state index is 12.9. The van der Waals surface area contributed by atoms with Crippen LogP contribution in [0.3, 0.4) is 0 Å². The second-order valence-electron chi connectivity index (χ2n) is 5.14. The van der Waals surface area contributed by atoms with Gasteiger partial charge >= 0.3 is 0 Å². The molecule has 2 aromatic carbocycles. The highest BCUT2D eigenvalue weighted by Gasteiger charge is 2.08. The maximum Gasteiger partial charge on any atom is 0.243 e. The van der Waals surface area contributed by atoms with Crippen molar-refractivity contribution in [3.8, 4) is 0 Å². The number of anilines is 3. The van der Waals surface area contributed by atoms with Crippen LogP contribution in [0.1, 0.15) is 6.92 Å². The number of benzene rings is 2. The summed E-state index contributed by atoms with van der Waals surface area (Å²) in [4.78, 5) is 24.8. The minimum atomic E-state index is -0.318. The summed E-state index contributed by atoms with van der Waals surface area (Å²) < 4.78 is 12.9. The van der Waals surface area contributed by atoms with Crippen LogP contribution in [-0.2, 0) is 9.59 Å². The van der Waals surface area contributed by atoms with E-state index in [1.54, 1.807) is 48.3 Å². The number of hydrogen-bond acceptors (Lipinski definition) is 3. The van der Waals surface area contributed by atoms with Gasteiger partial charge in [0, 0.05) is 31.0 Å². The molecular formula is C17H18FN3O2. The van der Waals surface area contributed by atoms with Crippen LogP contribution >= 0.6 is 0 Å². The molecule has 0 unspecified atom stereocenters. The molecule has 0 heterocycles. The molecule has 0 radical (unpaired) electrons. The van der Waals surface area contributed by atoms with Crippen molar-refractivity contribution in [2.45, 2.75) is 6.92 Å². The van der Waals surface area contributed by atoms with E-state index in [1.807, 2.05) is 0 Å². The largest absolute Gasteiger partial charge is 0.365 e. The molecule has 2 amide bonds. The number of rotatable bonds is 5. The zero-order valence-electron chi connectivity index (χ0n) is 13.0. The summed E-state index contributed by atoms with van der Waals surface area (Å²) in [6.07, 6.45) is 0. The van der Waals surface area contributed by atoms with Crippen molar-refractivity contribution in [3.63, 3.8) is 0 Å². The van der Waals surface area contributed by atoms with Gasteiger partial charge in [0.2, 0.25) is 11.8 Å². The van der Waals surface area contributed by atoms with Crippen molar-refractivity contribution in [1.82, 2.24) is 0 Å². The molecule has 5 nitrogen and oxygen atoms in total. The molecule has 2 aromatic rings. The number of nitrogens with zero attached hydrogens (tertiary/aromatic N) is 1. The van der Waals surface area contributed by atoms with E-state index < -0.39 is 0 Å². The molecule has 0 saturated carbocycles.